The first-order valence-corrected chi connectivity index (χ1v) is 10.4. The van der Waals surface area contributed by atoms with Crippen molar-refractivity contribution in [3.8, 4) is 16.3 Å². The Labute approximate surface area is 166 Å². The molecule has 2 aromatic heterocycles. The quantitative estimate of drug-likeness (QED) is 0.435. The van der Waals surface area contributed by atoms with Gasteiger partial charge in [-0.3, -0.25) is 0 Å². The molecule has 0 unspecified atom stereocenters. The lowest BCUT2D eigenvalue weighted by Crippen LogP contribution is -2.03. The number of hydrogen-bond acceptors (Lipinski definition) is 8. The van der Waals surface area contributed by atoms with Crippen molar-refractivity contribution in [2.45, 2.75) is 32.6 Å². The molecule has 7 nitrogen and oxygen atoms in total. The number of carbonyl (C=O) groups excluding carboxylic acids is 1. The van der Waals surface area contributed by atoms with E-state index in [-0.39, 0.29) is 5.97 Å². The smallest absolute Gasteiger partial charge is 0.350 e. The van der Waals surface area contributed by atoms with Crippen LogP contribution in [0, 0.1) is 12.8 Å². The fraction of sp³-hybridized carbons (Fsp3) is 0.389. The van der Waals surface area contributed by atoms with E-state index in [9.17, 15) is 4.79 Å². The Hall–Kier alpha value is -2.26. The Kier molecular flexibility index (Phi) is 6.22. The van der Waals surface area contributed by atoms with Crippen molar-refractivity contribution in [3.05, 3.63) is 35.1 Å². The van der Waals surface area contributed by atoms with Crippen molar-refractivity contribution in [1.82, 2.24) is 25.2 Å². The molecule has 3 rings (SSSR count). The molecule has 142 valence electrons. The standard InChI is InChI=1S/C18H21N5O2S2/c1-5-25-18(24)16-12(4)20-17(27-16)13-6-7-15(26-9-11(2)3)14(8-13)23-10-19-21-22-23/h6-8,10-11H,5,9H2,1-4H3. The third-order valence-corrected chi connectivity index (χ3v) is 6.31. The van der Waals surface area contributed by atoms with Crippen molar-refractivity contribution in [3.63, 3.8) is 0 Å². The molecule has 0 atom stereocenters. The average molecular weight is 404 g/mol. The highest BCUT2D eigenvalue weighted by atomic mass is 32.2. The van der Waals surface area contributed by atoms with Gasteiger partial charge in [-0.05, 0) is 42.3 Å². The van der Waals surface area contributed by atoms with E-state index in [4.69, 9.17) is 4.74 Å². The lowest BCUT2D eigenvalue weighted by Gasteiger charge is -2.11. The van der Waals surface area contributed by atoms with Crippen LogP contribution in [-0.2, 0) is 4.74 Å². The van der Waals surface area contributed by atoms with Crippen LogP contribution in [0.3, 0.4) is 0 Å². The first kappa shape index (κ1) is 19.5. The van der Waals surface area contributed by atoms with Crippen molar-refractivity contribution < 1.29 is 9.53 Å². The molecule has 1 aromatic carbocycles. The van der Waals surface area contributed by atoms with E-state index in [2.05, 4.69) is 40.4 Å². The molecule has 0 N–H and O–H groups in total. The van der Waals surface area contributed by atoms with Crippen LogP contribution in [0.5, 0.6) is 0 Å². The molecule has 0 saturated heterocycles. The number of aromatic nitrogens is 5. The number of carbonyl (C=O) groups is 1. The predicted molar refractivity (Wildman–Crippen MR) is 107 cm³/mol. The number of hydrogen-bond donors (Lipinski definition) is 0. The Morgan fingerprint density at radius 1 is 1.37 bits per heavy atom. The molecular weight excluding hydrogens is 382 g/mol. The molecule has 0 spiro atoms. The van der Waals surface area contributed by atoms with Crippen LogP contribution in [-0.4, -0.2) is 43.5 Å². The zero-order chi connectivity index (χ0) is 19.4. The van der Waals surface area contributed by atoms with Crippen molar-refractivity contribution >= 4 is 29.1 Å². The fourth-order valence-corrected chi connectivity index (χ4v) is 4.32. The second kappa shape index (κ2) is 8.62. The molecule has 3 aromatic rings. The molecule has 0 fully saturated rings. The van der Waals surface area contributed by atoms with Gasteiger partial charge in [-0.2, -0.15) is 4.68 Å². The van der Waals surface area contributed by atoms with Crippen LogP contribution < -0.4 is 0 Å². The van der Waals surface area contributed by atoms with Crippen LogP contribution in [0.1, 0.15) is 36.1 Å². The van der Waals surface area contributed by atoms with Gasteiger partial charge in [0.25, 0.3) is 0 Å². The third-order valence-electron chi connectivity index (χ3n) is 3.63. The summed E-state index contributed by atoms with van der Waals surface area (Å²) in [6, 6.07) is 6.08. The van der Waals surface area contributed by atoms with Gasteiger partial charge in [0.1, 0.15) is 16.2 Å². The van der Waals surface area contributed by atoms with Crippen molar-refractivity contribution in [2.75, 3.05) is 12.4 Å². The Bertz CT molecular complexity index is 922. The molecular formula is C18H21N5O2S2. The second-order valence-corrected chi connectivity index (χ2v) is 8.36. The number of thiazole rings is 1. The van der Waals surface area contributed by atoms with Gasteiger partial charge in [-0.15, -0.1) is 28.2 Å². The highest BCUT2D eigenvalue weighted by Gasteiger charge is 2.18. The van der Waals surface area contributed by atoms with E-state index >= 15 is 0 Å². The van der Waals surface area contributed by atoms with E-state index in [0.717, 1.165) is 26.9 Å². The number of nitrogens with zero attached hydrogens (tertiary/aromatic N) is 5. The van der Waals surface area contributed by atoms with Crippen LogP contribution in [0.2, 0.25) is 0 Å². The third kappa shape index (κ3) is 4.54. The van der Waals surface area contributed by atoms with Crippen LogP contribution >= 0.6 is 23.1 Å². The fourth-order valence-electron chi connectivity index (χ4n) is 2.39. The van der Waals surface area contributed by atoms with Gasteiger partial charge in [-0.25, -0.2) is 9.78 Å². The number of tetrazole rings is 1. The van der Waals surface area contributed by atoms with E-state index in [1.807, 2.05) is 19.1 Å². The molecule has 0 bridgehead atoms. The summed E-state index contributed by atoms with van der Waals surface area (Å²) in [5.74, 6) is 1.24. The Balaban J connectivity index is 1.99. The summed E-state index contributed by atoms with van der Waals surface area (Å²) in [6.07, 6.45) is 1.58. The number of benzene rings is 1. The van der Waals surface area contributed by atoms with E-state index in [1.165, 1.54) is 11.3 Å². The van der Waals surface area contributed by atoms with Gasteiger partial charge in [0.05, 0.1) is 18.0 Å². The number of aryl methyl sites for hydroxylation is 1. The first-order chi connectivity index (χ1) is 13.0. The molecule has 2 heterocycles. The summed E-state index contributed by atoms with van der Waals surface area (Å²) >= 11 is 3.11. The monoisotopic (exact) mass is 403 g/mol. The number of ether oxygens (including phenoxy) is 1. The maximum atomic E-state index is 12.1. The summed E-state index contributed by atoms with van der Waals surface area (Å²) in [4.78, 5) is 18.3. The van der Waals surface area contributed by atoms with Gasteiger partial charge < -0.3 is 4.74 Å². The van der Waals surface area contributed by atoms with E-state index in [0.29, 0.717) is 23.1 Å². The highest BCUT2D eigenvalue weighted by molar-refractivity contribution is 7.99. The minimum absolute atomic E-state index is 0.330. The van der Waals surface area contributed by atoms with E-state index in [1.54, 1.807) is 29.7 Å². The van der Waals surface area contributed by atoms with Crippen LogP contribution in [0.25, 0.3) is 16.3 Å². The summed E-state index contributed by atoms with van der Waals surface area (Å²) in [5, 5.41) is 12.3. The zero-order valence-corrected chi connectivity index (χ0v) is 17.3. The lowest BCUT2D eigenvalue weighted by atomic mass is 10.2. The van der Waals surface area contributed by atoms with E-state index < -0.39 is 0 Å². The summed E-state index contributed by atoms with van der Waals surface area (Å²) < 4.78 is 6.76. The first-order valence-electron chi connectivity index (χ1n) is 8.64. The maximum Gasteiger partial charge on any atom is 0.350 e. The van der Waals surface area contributed by atoms with Crippen molar-refractivity contribution in [2.24, 2.45) is 5.92 Å². The minimum atomic E-state index is -0.330. The molecule has 0 aliphatic rings. The maximum absolute atomic E-state index is 12.1. The largest absolute Gasteiger partial charge is 0.462 e. The topological polar surface area (TPSA) is 82.8 Å². The Morgan fingerprint density at radius 3 is 2.85 bits per heavy atom. The predicted octanol–water partition coefficient (Wildman–Crippen LogP) is 4.02. The summed E-state index contributed by atoms with van der Waals surface area (Å²) in [6.45, 7) is 8.33. The van der Waals surface area contributed by atoms with Crippen LogP contribution in [0.4, 0.5) is 0 Å². The Morgan fingerprint density at radius 2 is 2.19 bits per heavy atom. The summed E-state index contributed by atoms with van der Waals surface area (Å²) in [7, 11) is 0. The van der Waals surface area contributed by atoms with Crippen molar-refractivity contribution in [1.29, 1.82) is 0 Å². The molecule has 0 saturated carbocycles. The number of thioether (sulfide) groups is 1. The zero-order valence-electron chi connectivity index (χ0n) is 15.7. The molecule has 9 heteroatoms. The SMILES string of the molecule is CCOC(=O)c1sc(-c2ccc(SCC(C)C)c(-n3cnnn3)c2)nc1C. The van der Waals surface area contributed by atoms with Gasteiger partial charge in [0, 0.05) is 16.2 Å². The summed E-state index contributed by atoms with van der Waals surface area (Å²) in [5.41, 5.74) is 2.49. The molecule has 0 aliphatic carbocycles. The minimum Gasteiger partial charge on any atom is -0.462 e. The number of rotatable bonds is 7. The lowest BCUT2D eigenvalue weighted by molar-refractivity contribution is 0.0531. The molecule has 0 amide bonds. The molecule has 0 radical (unpaired) electrons. The molecule has 27 heavy (non-hydrogen) atoms. The average Bonchev–Trinajstić information content (AvgIpc) is 3.30. The second-order valence-electron chi connectivity index (χ2n) is 6.30. The van der Waals surface area contributed by atoms with Crippen LogP contribution in [0.15, 0.2) is 29.4 Å². The number of esters is 1. The molecule has 0 aliphatic heterocycles. The van der Waals surface area contributed by atoms with Gasteiger partial charge in [0.2, 0.25) is 0 Å². The normalized spacial score (nSPS) is 11.1. The van der Waals surface area contributed by atoms with Gasteiger partial charge in [0.15, 0.2) is 0 Å². The van der Waals surface area contributed by atoms with Gasteiger partial charge >= 0.3 is 5.97 Å². The van der Waals surface area contributed by atoms with Gasteiger partial charge in [-0.1, -0.05) is 19.9 Å². The highest BCUT2D eigenvalue weighted by Crippen LogP contribution is 2.34.